The summed E-state index contributed by atoms with van der Waals surface area (Å²) >= 11 is 0. The molecule has 1 fully saturated rings. The SMILES string of the molecule is COCC(=O)Nc1ccc(N2CCN(C(=O)c3ccccn3)CC2)nc1. The van der Waals surface area contributed by atoms with Gasteiger partial charge in [0.1, 0.15) is 18.1 Å². The van der Waals surface area contributed by atoms with Crippen molar-refractivity contribution in [1.82, 2.24) is 14.9 Å². The first kappa shape index (κ1) is 17.8. The van der Waals surface area contributed by atoms with Gasteiger partial charge in [0.25, 0.3) is 5.91 Å². The van der Waals surface area contributed by atoms with Gasteiger partial charge in [0.15, 0.2) is 0 Å². The van der Waals surface area contributed by atoms with Gasteiger partial charge in [-0.25, -0.2) is 4.98 Å². The van der Waals surface area contributed by atoms with Crippen LogP contribution in [0.5, 0.6) is 0 Å². The summed E-state index contributed by atoms with van der Waals surface area (Å²) in [4.78, 5) is 36.4. The van der Waals surface area contributed by atoms with Crippen LogP contribution in [0.3, 0.4) is 0 Å². The number of carbonyl (C=O) groups excluding carboxylic acids is 2. The summed E-state index contributed by atoms with van der Waals surface area (Å²) in [6.45, 7) is 2.63. The van der Waals surface area contributed by atoms with Crippen LogP contribution in [0.15, 0.2) is 42.7 Å². The van der Waals surface area contributed by atoms with Crippen molar-refractivity contribution in [2.24, 2.45) is 0 Å². The average molecular weight is 355 g/mol. The lowest BCUT2D eigenvalue weighted by Gasteiger charge is -2.35. The van der Waals surface area contributed by atoms with Crippen LogP contribution in [0.2, 0.25) is 0 Å². The first-order valence-corrected chi connectivity index (χ1v) is 8.37. The van der Waals surface area contributed by atoms with Crippen LogP contribution < -0.4 is 10.2 Å². The molecule has 1 saturated heterocycles. The van der Waals surface area contributed by atoms with Crippen molar-refractivity contribution in [3.63, 3.8) is 0 Å². The standard InChI is InChI=1S/C18H21N5O3/c1-26-13-17(24)21-14-5-6-16(20-12-14)22-8-10-23(11-9-22)18(25)15-4-2-3-7-19-15/h2-7,12H,8-11,13H2,1H3,(H,21,24). The largest absolute Gasteiger partial charge is 0.375 e. The molecule has 136 valence electrons. The molecule has 0 atom stereocenters. The molecule has 8 nitrogen and oxygen atoms in total. The zero-order valence-electron chi connectivity index (χ0n) is 14.6. The Morgan fingerprint density at radius 1 is 1.12 bits per heavy atom. The van der Waals surface area contributed by atoms with Gasteiger partial charge >= 0.3 is 0 Å². The molecule has 3 heterocycles. The highest BCUT2D eigenvalue weighted by Crippen LogP contribution is 2.17. The second kappa shape index (κ2) is 8.39. The summed E-state index contributed by atoms with van der Waals surface area (Å²) in [6.07, 6.45) is 3.24. The lowest BCUT2D eigenvalue weighted by molar-refractivity contribution is -0.119. The van der Waals surface area contributed by atoms with Crippen LogP contribution in [-0.4, -0.2) is 66.6 Å². The summed E-state index contributed by atoms with van der Waals surface area (Å²) in [7, 11) is 1.47. The predicted octanol–water partition coefficient (Wildman–Crippen LogP) is 1.02. The lowest BCUT2D eigenvalue weighted by Crippen LogP contribution is -2.49. The Hall–Kier alpha value is -3.00. The molecule has 1 N–H and O–H groups in total. The minimum atomic E-state index is -0.219. The fourth-order valence-corrected chi connectivity index (χ4v) is 2.77. The molecule has 0 spiro atoms. The summed E-state index contributed by atoms with van der Waals surface area (Å²) in [6, 6.07) is 9.00. The molecule has 8 heteroatoms. The van der Waals surface area contributed by atoms with Gasteiger partial charge < -0.3 is 19.9 Å². The van der Waals surface area contributed by atoms with Gasteiger partial charge in [0.05, 0.1) is 11.9 Å². The Morgan fingerprint density at radius 3 is 2.54 bits per heavy atom. The Morgan fingerprint density at radius 2 is 1.92 bits per heavy atom. The number of hydrogen-bond donors (Lipinski definition) is 1. The number of rotatable bonds is 5. The van der Waals surface area contributed by atoms with Gasteiger partial charge in [-0.05, 0) is 24.3 Å². The molecule has 0 aliphatic carbocycles. The van der Waals surface area contributed by atoms with E-state index in [-0.39, 0.29) is 18.4 Å². The third-order valence-electron chi connectivity index (χ3n) is 4.08. The van der Waals surface area contributed by atoms with E-state index in [1.807, 2.05) is 12.1 Å². The summed E-state index contributed by atoms with van der Waals surface area (Å²) in [5.74, 6) is 0.554. The first-order valence-electron chi connectivity index (χ1n) is 8.37. The number of hydrogen-bond acceptors (Lipinski definition) is 6. The number of methoxy groups -OCH3 is 1. The Balaban J connectivity index is 1.55. The zero-order chi connectivity index (χ0) is 18.4. The van der Waals surface area contributed by atoms with Crippen molar-refractivity contribution in [2.45, 2.75) is 0 Å². The van der Waals surface area contributed by atoms with Crippen molar-refractivity contribution in [3.8, 4) is 0 Å². The van der Waals surface area contributed by atoms with Crippen molar-refractivity contribution in [3.05, 3.63) is 48.4 Å². The molecular formula is C18H21N5O3. The van der Waals surface area contributed by atoms with Crippen LogP contribution in [0.1, 0.15) is 10.5 Å². The maximum Gasteiger partial charge on any atom is 0.272 e. The van der Waals surface area contributed by atoms with Crippen LogP contribution >= 0.6 is 0 Å². The molecule has 3 rings (SSSR count). The van der Waals surface area contributed by atoms with E-state index < -0.39 is 0 Å². The van der Waals surface area contributed by atoms with E-state index in [0.29, 0.717) is 37.6 Å². The topological polar surface area (TPSA) is 87.7 Å². The van der Waals surface area contributed by atoms with E-state index in [0.717, 1.165) is 5.82 Å². The molecule has 0 radical (unpaired) electrons. The number of piperazine rings is 1. The minimum absolute atomic E-state index is 0.00795. The molecule has 2 amide bonds. The number of nitrogens with one attached hydrogen (secondary N) is 1. The number of carbonyl (C=O) groups is 2. The van der Waals surface area contributed by atoms with Crippen LogP contribution in [0.4, 0.5) is 11.5 Å². The lowest BCUT2D eigenvalue weighted by atomic mass is 10.2. The molecular weight excluding hydrogens is 334 g/mol. The van der Waals surface area contributed by atoms with Crippen molar-refractivity contribution >= 4 is 23.3 Å². The van der Waals surface area contributed by atoms with Crippen molar-refractivity contribution < 1.29 is 14.3 Å². The summed E-state index contributed by atoms with van der Waals surface area (Å²) in [5.41, 5.74) is 1.09. The molecule has 26 heavy (non-hydrogen) atoms. The molecule has 1 aliphatic rings. The zero-order valence-corrected chi connectivity index (χ0v) is 14.6. The fourth-order valence-electron chi connectivity index (χ4n) is 2.77. The van der Waals surface area contributed by atoms with Crippen molar-refractivity contribution in [2.75, 3.05) is 50.1 Å². The molecule has 2 aromatic heterocycles. The third kappa shape index (κ3) is 4.34. The maximum atomic E-state index is 12.4. The van der Waals surface area contributed by atoms with E-state index >= 15 is 0 Å². The van der Waals surface area contributed by atoms with Gasteiger partial charge in [0.2, 0.25) is 5.91 Å². The van der Waals surface area contributed by atoms with Gasteiger partial charge in [-0.15, -0.1) is 0 Å². The second-order valence-electron chi connectivity index (χ2n) is 5.88. The normalized spacial score (nSPS) is 14.2. The first-order chi connectivity index (χ1) is 12.7. The quantitative estimate of drug-likeness (QED) is 0.862. The van der Waals surface area contributed by atoms with E-state index in [2.05, 4.69) is 20.2 Å². The van der Waals surface area contributed by atoms with Crippen LogP contribution in [0.25, 0.3) is 0 Å². The number of aromatic nitrogens is 2. The number of ether oxygens (including phenoxy) is 1. The van der Waals surface area contributed by atoms with Gasteiger partial charge in [-0.2, -0.15) is 0 Å². The van der Waals surface area contributed by atoms with Crippen LogP contribution in [-0.2, 0) is 9.53 Å². The van der Waals surface area contributed by atoms with Gasteiger partial charge in [-0.1, -0.05) is 6.07 Å². The molecule has 0 aromatic carbocycles. The number of nitrogens with zero attached hydrogens (tertiary/aromatic N) is 4. The fraction of sp³-hybridized carbons (Fsp3) is 0.333. The van der Waals surface area contributed by atoms with E-state index in [4.69, 9.17) is 4.74 Å². The molecule has 0 unspecified atom stereocenters. The number of amides is 2. The molecule has 2 aromatic rings. The minimum Gasteiger partial charge on any atom is -0.375 e. The second-order valence-corrected chi connectivity index (χ2v) is 5.88. The molecule has 1 aliphatic heterocycles. The summed E-state index contributed by atoms with van der Waals surface area (Å²) < 4.78 is 4.78. The third-order valence-corrected chi connectivity index (χ3v) is 4.08. The Labute approximate surface area is 151 Å². The molecule has 0 bridgehead atoms. The highest BCUT2D eigenvalue weighted by molar-refractivity contribution is 5.92. The van der Waals surface area contributed by atoms with E-state index in [9.17, 15) is 9.59 Å². The smallest absolute Gasteiger partial charge is 0.272 e. The predicted molar refractivity (Wildman–Crippen MR) is 97.1 cm³/mol. The maximum absolute atomic E-state index is 12.4. The average Bonchev–Trinajstić information content (AvgIpc) is 2.69. The number of anilines is 2. The van der Waals surface area contributed by atoms with E-state index in [1.165, 1.54) is 7.11 Å². The highest BCUT2D eigenvalue weighted by Gasteiger charge is 2.23. The molecule has 0 saturated carbocycles. The Kier molecular flexibility index (Phi) is 5.75. The highest BCUT2D eigenvalue weighted by atomic mass is 16.5. The van der Waals surface area contributed by atoms with Crippen LogP contribution in [0, 0.1) is 0 Å². The van der Waals surface area contributed by atoms with Gasteiger partial charge in [0, 0.05) is 39.5 Å². The van der Waals surface area contributed by atoms with E-state index in [1.54, 1.807) is 35.5 Å². The Bertz CT molecular complexity index is 743. The summed E-state index contributed by atoms with van der Waals surface area (Å²) in [5, 5.41) is 2.71. The monoisotopic (exact) mass is 355 g/mol. The van der Waals surface area contributed by atoms with Crippen molar-refractivity contribution in [1.29, 1.82) is 0 Å². The number of pyridine rings is 2. The van der Waals surface area contributed by atoms with Gasteiger partial charge in [-0.3, -0.25) is 14.6 Å².